The number of para-hydroxylation sites is 1. The van der Waals surface area contributed by atoms with E-state index in [0.717, 1.165) is 42.1 Å². The first-order valence-electron chi connectivity index (χ1n) is 9.77. The van der Waals surface area contributed by atoms with Gasteiger partial charge in [-0.05, 0) is 68.5 Å². The number of anilines is 2. The molecule has 4 nitrogen and oxygen atoms in total. The number of hydrogen-bond acceptors (Lipinski definition) is 4. The van der Waals surface area contributed by atoms with E-state index in [-0.39, 0.29) is 5.91 Å². The van der Waals surface area contributed by atoms with Crippen LogP contribution in [0.4, 0.5) is 11.4 Å². The Morgan fingerprint density at radius 2 is 1.81 bits per heavy atom. The number of aryl methyl sites for hydroxylation is 1. The van der Waals surface area contributed by atoms with Crippen molar-refractivity contribution in [1.82, 2.24) is 4.98 Å². The van der Waals surface area contributed by atoms with Crippen molar-refractivity contribution in [1.29, 1.82) is 0 Å². The van der Waals surface area contributed by atoms with Crippen LogP contribution >= 0.6 is 11.3 Å². The highest BCUT2D eigenvalue weighted by molar-refractivity contribution is 7.18. The topological polar surface area (TPSA) is 45.2 Å². The Morgan fingerprint density at radius 3 is 2.59 bits per heavy atom. The number of piperidine rings is 1. The van der Waals surface area contributed by atoms with Crippen molar-refractivity contribution in [3.8, 4) is 0 Å². The number of hydrogen-bond donors (Lipinski definition) is 1. The van der Waals surface area contributed by atoms with E-state index in [1.807, 2.05) is 30.3 Å². The molecule has 0 atom stereocenters. The summed E-state index contributed by atoms with van der Waals surface area (Å²) in [5, 5.41) is 4.12. The Balaban J connectivity index is 1.25. The zero-order valence-electron chi connectivity index (χ0n) is 15.5. The van der Waals surface area contributed by atoms with Gasteiger partial charge in [0.2, 0.25) is 5.91 Å². The highest BCUT2D eigenvalue weighted by atomic mass is 32.1. The summed E-state index contributed by atoms with van der Waals surface area (Å²) < 4.78 is 1.21. The zero-order valence-corrected chi connectivity index (χ0v) is 16.3. The third kappa shape index (κ3) is 4.66. The number of fused-ring (bicyclic) bond motifs is 1. The van der Waals surface area contributed by atoms with Crippen molar-refractivity contribution in [2.45, 2.75) is 38.5 Å². The third-order valence-corrected chi connectivity index (χ3v) is 6.10. The SMILES string of the molecule is O=C(CCCc1nc2ccccc2s1)Nc1ccc(N2CCCCC2)cc1. The van der Waals surface area contributed by atoms with Crippen LogP contribution in [0.1, 0.15) is 37.1 Å². The molecule has 0 saturated carbocycles. The van der Waals surface area contributed by atoms with Crippen LogP contribution in [0.25, 0.3) is 10.2 Å². The van der Waals surface area contributed by atoms with Crippen molar-refractivity contribution in [3.63, 3.8) is 0 Å². The highest BCUT2D eigenvalue weighted by Gasteiger charge is 2.11. The van der Waals surface area contributed by atoms with E-state index in [1.54, 1.807) is 11.3 Å². The van der Waals surface area contributed by atoms with Gasteiger partial charge in [0.25, 0.3) is 0 Å². The largest absolute Gasteiger partial charge is 0.372 e. The lowest BCUT2D eigenvalue weighted by atomic mass is 10.1. The van der Waals surface area contributed by atoms with E-state index in [0.29, 0.717) is 6.42 Å². The number of carbonyl (C=O) groups excluding carboxylic acids is 1. The van der Waals surface area contributed by atoms with Crippen LogP contribution in [0.3, 0.4) is 0 Å². The fraction of sp³-hybridized carbons (Fsp3) is 0.364. The number of rotatable bonds is 6. The average Bonchev–Trinajstić information content (AvgIpc) is 3.12. The van der Waals surface area contributed by atoms with Crippen molar-refractivity contribution in [2.24, 2.45) is 0 Å². The molecule has 1 aliphatic rings. The maximum Gasteiger partial charge on any atom is 0.224 e. The van der Waals surface area contributed by atoms with E-state index >= 15 is 0 Å². The fourth-order valence-corrected chi connectivity index (χ4v) is 4.57. The Bertz CT molecular complexity index is 864. The first-order chi connectivity index (χ1) is 13.3. The molecule has 0 aliphatic carbocycles. The summed E-state index contributed by atoms with van der Waals surface area (Å²) in [4.78, 5) is 19.3. The Kier molecular flexibility index (Phi) is 5.68. The Hall–Kier alpha value is -2.40. The first kappa shape index (κ1) is 18.0. The Labute approximate surface area is 164 Å². The normalized spacial score (nSPS) is 14.4. The average molecular weight is 380 g/mol. The lowest BCUT2D eigenvalue weighted by Crippen LogP contribution is -2.29. The van der Waals surface area contributed by atoms with Crippen LogP contribution < -0.4 is 10.2 Å². The standard InChI is InChI=1S/C22H25N3OS/c26-21(9-6-10-22-24-19-7-2-3-8-20(19)27-22)23-17-11-13-18(14-12-17)25-15-4-1-5-16-25/h2-3,7-8,11-14H,1,4-6,9-10,15-16H2,(H,23,26). The summed E-state index contributed by atoms with van der Waals surface area (Å²) in [6.45, 7) is 2.27. The molecule has 1 aromatic heterocycles. The number of thiazole rings is 1. The second kappa shape index (κ2) is 8.53. The molecule has 5 heteroatoms. The summed E-state index contributed by atoms with van der Waals surface area (Å²) in [5.74, 6) is 0.0711. The molecule has 0 spiro atoms. The van der Waals surface area contributed by atoms with Crippen LogP contribution in [0.5, 0.6) is 0 Å². The molecular formula is C22H25N3OS. The summed E-state index contributed by atoms with van der Waals surface area (Å²) >= 11 is 1.72. The number of amides is 1. The second-order valence-corrected chi connectivity index (χ2v) is 8.19. The van der Waals surface area contributed by atoms with Gasteiger partial charge in [0.05, 0.1) is 15.2 Å². The smallest absolute Gasteiger partial charge is 0.224 e. The Morgan fingerprint density at radius 1 is 1.04 bits per heavy atom. The van der Waals surface area contributed by atoms with E-state index in [2.05, 4.69) is 33.4 Å². The van der Waals surface area contributed by atoms with E-state index in [1.165, 1.54) is 29.6 Å². The third-order valence-electron chi connectivity index (χ3n) is 5.00. The van der Waals surface area contributed by atoms with Gasteiger partial charge in [0.15, 0.2) is 0 Å². The van der Waals surface area contributed by atoms with Gasteiger partial charge in [-0.1, -0.05) is 12.1 Å². The maximum atomic E-state index is 12.2. The maximum absolute atomic E-state index is 12.2. The number of nitrogens with zero attached hydrogens (tertiary/aromatic N) is 2. The van der Waals surface area contributed by atoms with Gasteiger partial charge >= 0.3 is 0 Å². The van der Waals surface area contributed by atoms with Crippen LogP contribution in [0.2, 0.25) is 0 Å². The van der Waals surface area contributed by atoms with Crippen molar-refractivity contribution < 1.29 is 4.79 Å². The molecule has 4 rings (SSSR count). The summed E-state index contributed by atoms with van der Waals surface area (Å²) in [5.41, 5.74) is 3.18. The summed E-state index contributed by atoms with van der Waals surface area (Å²) in [6, 6.07) is 16.4. The molecule has 0 unspecified atom stereocenters. The van der Waals surface area contributed by atoms with Gasteiger partial charge < -0.3 is 10.2 Å². The molecule has 1 N–H and O–H groups in total. The lowest BCUT2D eigenvalue weighted by molar-refractivity contribution is -0.116. The number of benzene rings is 2. The summed E-state index contributed by atoms with van der Waals surface area (Å²) in [6.07, 6.45) is 6.06. The molecule has 2 heterocycles. The summed E-state index contributed by atoms with van der Waals surface area (Å²) in [7, 11) is 0. The van der Waals surface area contributed by atoms with Gasteiger partial charge in [0.1, 0.15) is 0 Å². The minimum absolute atomic E-state index is 0.0711. The molecule has 140 valence electrons. The molecule has 1 fully saturated rings. The fourth-order valence-electron chi connectivity index (χ4n) is 3.56. The monoisotopic (exact) mass is 379 g/mol. The molecule has 2 aromatic carbocycles. The zero-order chi connectivity index (χ0) is 18.5. The van der Waals surface area contributed by atoms with Gasteiger partial charge in [-0.3, -0.25) is 4.79 Å². The van der Waals surface area contributed by atoms with Crippen LogP contribution in [0.15, 0.2) is 48.5 Å². The molecule has 27 heavy (non-hydrogen) atoms. The lowest BCUT2D eigenvalue weighted by Gasteiger charge is -2.28. The van der Waals surface area contributed by atoms with Gasteiger partial charge in [-0.25, -0.2) is 4.98 Å². The molecule has 1 saturated heterocycles. The molecule has 1 amide bonds. The molecular weight excluding hydrogens is 354 g/mol. The molecule has 3 aromatic rings. The van der Waals surface area contributed by atoms with E-state index in [4.69, 9.17) is 0 Å². The highest BCUT2D eigenvalue weighted by Crippen LogP contribution is 2.24. The number of aromatic nitrogens is 1. The first-order valence-corrected chi connectivity index (χ1v) is 10.6. The predicted octanol–water partition coefficient (Wildman–Crippen LogP) is 5.25. The molecule has 1 aliphatic heterocycles. The van der Waals surface area contributed by atoms with E-state index < -0.39 is 0 Å². The van der Waals surface area contributed by atoms with Gasteiger partial charge in [-0.15, -0.1) is 11.3 Å². The molecule has 0 bridgehead atoms. The van der Waals surface area contributed by atoms with Crippen molar-refractivity contribution in [3.05, 3.63) is 53.5 Å². The predicted molar refractivity (Wildman–Crippen MR) is 114 cm³/mol. The van der Waals surface area contributed by atoms with Crippen LogP contribution in [0, 0.1) is 0 Å². The van der Waals surface area contributed by atoms with Gasteiger partial charge in [-0.2, -0.15) is 0 Å². The van der Waals surface area contributed by atoms with Crippen molar-refractivity contribution in [2.75, 3.05) is 23.3 Å². The quantitative estimate of drug-likeness (QED) is 0.636. The number of carbonyl (C=O) groups is 1. The van der Waals surface area contributed by atoms with Crippen LogP contribution in [-0.4, -0.2) is 24.0 Å². The van der Waals surface area contributed by atoms with Crippen LogP contribution in [-0.2, 0) is 11.2 Å². The second-order valence-electron chi connectivity index (χ2n) is 7.07. The van der Waals surface area contributed by atoms with Crippen molar-refractivity contribution >= 4 is 38.8 Å². The molecule has 0 radical (unpaired) electrons. The minimum Gasteiger partial charge on any atom is -0.372 e. The van der Waals surface area contributed by atoms with E-state index in [9.17, 15) is 4.79 Å². The number of nitrogens with one attached hydrogen (secondary N) is 1. The minimum atomic E-state index is 0.0711. The van der Waals surface area contributed by atoms with Gasteiger partial charge in [0, 0.05) is 30.9 Å².